The Morgan fingerprint density at radius 1 is 1.30 bits per heavy atom. The van der Waals surface area contributed by atoms with Gasteiger partial charge in [-0.25, -0.2) is 0 Å². The van der Waals surface area contributed by atoms with Crippen molar-refractivity contribution in [2.24, 2.45) is 0 Å². The van der Waals surface area contributed by atoms with Gasteiger partial charge in [0.1, 0.15) is 5.25 Å². The van der Waals surface area contributed by atoms with E-state index in [4.69, 9.17) is 5.11 Å². The summed E-state index contributed by atoms with van der Waals surface area (Å²) in [6, 6.07) is 0. The van der Waals surface area contributed by atoms with Gasteiger partial charge in [-0.05, 0) is 25.7 Å². The van der Waals surface area contributed by atoms with Gasteiger partial charge in [-0.1, -0.05) is 11.2 Å². The molecule has 0 bridgehead atoms. The van der Waals surface area contributed by atoms with Crippen LogP contribution in [0.3, 0.4) is 0 Å². The van der Waals surface area contributed by atoms with Crippen molar-refractivity contribution in [1.29, 1.82) is 0 Å². The van der Waals surface area contributed by atoms with Gasteiger partial charge < -0.3 is 9.66 Å². The lowest BCUT2D eigenvalue weighted by Gasteiger charge is -2.25. The Morgan fingerprint density at radius 2 is 1.80 bits per heavy atom. The van der Waals surface area contributed by atoms with Crippen LogP contribution in [0, 0.1) is 0 Å². The Balaban J connectivity index is 2.26. The lowest BCUT2D eigenvalue weighted by atomic mass is 9.97. The van der Waals surface area contributed by atoms with Crippen LogP contribution < -0.4 is 0 Å². The lowest BCUT2D eigenvalue weighted by Crippen LogP contribution is -2.28. The Labute approximate surface area is 64.8 Å². The van der Waals surface area contributed by atoms with E-state index in [0.29, 0.717) is 5.25 Å². The highest BCUT2D eigenvalue weighted by molar-refractivity contribution is 7.91. The Hall–Kier alpha value is 0.270. The van der Waals surface area contributed by atoms with Gasteiger partial charge >= 0.3 is 0 Å². The zero-order valence-electron chi connectivity index (χ0n) is 6.25. The van der Waals surface area contributed by atoms with Crippen LogP contribution in [0.5, 0.6) is 0 Å². The third-order valence-corrected chi connectivity index (χ3v) is 3.52. The van der Waals surface area contributed by atoms with E-state index >= 15 is 0 Å². The molecule has 1 N–H and O–H groups in total. The van der Waals surface area contributed by atoms with E-state index in [1.807, 2.05) is 0 Å². The first-order chi connectivity index (χ1) is 4.70. The summed E-state index contributed by atoms with van der Waals surface area (Å²) in [6.45, 7) is 0. The van der Waals surface area contributed by atoms with Gasteiger partial charge in [-0.15, -0.1) is 0 Å². The molecular formula is C7H14O2S. The van der Waals surface area contributed by atoms with Crippen molar-refractivity contribution in [3.63, 3.8) is 0 Å². The average molecular weight is 162 g/mol. The van der Waals surface area contributed by atoms with E-state index < -0.39 is 11.2 Å². The van der Waals surface area contributed by atoms with Crippen LogP contribution in [0.4, 0.5) is 0 Å². The molecular weight excluding hydrogens is 148 g/mol. The molecule has 0 aliphatic heterocycles. The van der Waals surface area contributed by atoms with Crippen molar-refractivity contribution in [3.8, 4) is 0 Å². The summed E-state index contributed by atoms with van der Waals surface area (Å²) in [4.78, 5) is 0. The molecule has 0 heterocycles. The van der Waals surface area contributed by atoms with Crippen molar-refractivity contribution in [3.05, 3.63) is 0 Å². The normalized spacial score (nSPS) is 37.5. The SMILES string of the molecule is C[S+]([O-])[C@H]1CC[C@H](O)CC1. The third kappa shape index (κ3) is 2.15. The number of hydrogen-bond acceptors (Lipinski definition) is 2. The molecule has 1 fully saturated rings. The number of aliphatic hydroxyl groups is 1. The van der Waals surface area contributed by atoms with E-state index in [-0.39, 0.29) is 6.10 Å². The molecule has 60 valence electrons. The van der Waals surface area contributed by atoms with Gasteiger partial charge in [0.15, 0.2) is 0 Å². The zero-order chi connectivity index (χ0) is 7.56. The van der Waals surface area contributed by atoms with E-state index in [1.54, 1.807) is 6.26 Å². The van der Waals surface area contributed by atoms with Crippen molar-refractivity contribution >= 4 is 11.2 Å². The lowest BCUT2D eigenvalue weighted by molar-refractivity contribution is 0.131. The molecule has 1 rings (SSSR count). The first-order valence-corrected chi connectivity index (χ1v) is 5.32. The first kappa shape index (κ1) is 8.37. The highest BCUT2D eigenvalue weighted by Crippen LogP contribution is 2.23. The molecule has 1 aliphatic carbocycles. The predicted molar refractivity (Wildman–Crippen MR) is 42.3 cm³/mol. The summed E-state index contributed by atoms with van der Waals surface area (Å²) in [6.07, 6.45) is 5.17. The van der Waals surface area contributed by atoms with Gasteiger partial charge in [-0.2, -0.15) is 0 Å². The van der Waals surface area contributed by atoms with Crippen molar-refractivity contribution in [2.75, 3.05) is 6.26 Å². The molecule has 0 aromatic rings. The van der Waals surface area contributed by atoms with Gasteiger partial charge in [0, 0.05) is 0 Å². The zero-order valence-corrected chi connectivity index (χ0v) is 7.06. The highest BCUT2D eigenvalue weighted by Gasteiger charge is 2.25. The second-order valence-corrected chi connectivity index (χ2v) is 4.59. The Kier molecular flexibility index (Phi) is 3.01. The molecule has 0 aromatic heterocycles. The summed E-state index contributed by atoms with van der Waals surface area (Å²) < 4.78 is 10.9. The van der Waals surface area contributed by atoms with Crippen LogP contribution >= 0.6 is 0 Å². The van der Waals surface area contributed by atoms with Crippen LogP contribution in [0.1, 0.15) is 25.7 Å². The molecule has 10 heavy (non-hydrogen) atoms. The Morgan fingerprint density at radius 3 is 2.20 bits per heavy atom. The number of hydrogen-bond donors (Lipinski definition) is 1. The largest absolute Gasteiger partial charge is 0.616 e. The Bertz CT molecular complexity index is 97.8. The highest BCUT2D eigenvalue weighted by atomic mass is 32.2. The predicted octanol–water partition coefficient (Wildman–Crippen LogP) is 0.668. The fraction of sp³-hybridized carbons (Fsp3) is 1.00. The maximum Gasteiger partial charge on any atom is 0.115 e. The van der Waals surface area contributed by atoms with E-state index in [1.165, 1.54) is 0 Å². The van der Waals surface area contributed by atoms with Crippen LogP contribution in [-0.2, 0) is 11.2 Å². The quantitative estimate of drug-likeness (QED) is 0.576. The fourth-order valence-corrected chi connectivity index (χ4v) is 2.31. The summed E-state index contributed by atoms with van der Waals surface area (Å²) >= 11 is -0.678. The van der Waals surface area contributed by atoms with E-state index in [0.717, 1.165) is 25.7 Å². The van der Waals surface area contributed by atoms with Gasteiger partial charge in [0.05, 0.1) is 12.4 Å². The average Bonchev–Trinajstić information content (AvgIpc) is 1.88. The second-order valence-electron chi connectivity index (χ2n) is 2.93. The molecule has 0 aromatic carbocycles. The maximum absolute atomic E-state index is 10.9. The van der Waals surface area contributed by atoms with Crippen molar-refractivity contribution < 1.29 is 9.66 Å². The number of aliphatic hydroxyl groups excluding tert-OH is 1. The summed E-state index contributed by atoms with van der Waals surface area (Å²) in [5.74, 6) is 0. The molecule has 1 unspecified atom stereocenters. The van der Waals surface area contributed by atoms with Crippen LogP contribution in [0.15, 0.2) is 0 Å². The first-order valence-electron chi connectivity index (χ1n) is 3.70. The molecule has 2 nitrogen and oxygen atoms in total. The summed E-state index contributed by atoms with van der Waals surface area (Å²) in [5, 5.41) is 9.46. The molecule has 1 aliphatic rings. The van der Waals surface area contributed by atoms with Crippen LogP contribution in [0.25, 0.3) is 0 Å². The van der Waals surface area contributed by atoms with Gasteiger partial charge in [-0.3, -0.25) is 0 Å². The maximum atomic E-state index is 10.9. The molecule has 0 spiro atoms. The fourth-order valence-electron chi connectivity index (χ4n) is 1.38. The molecule has 3 heteroatoms. The standard InChI is InChI=1S/C7H14O2S/c1-10(9)7-4-2-6(8)3-5-7/h6-8H,2-5H2,1H3/t6-,7-,10?. The summed E-state index contributed by atoms with van der Waals surface area (Å²) in [7, 11) is 0. The minimum Gasteiger partial charge on any atom is -0.616 e. The minimum atomic E-state index is -0.678. The van der Waals surface area contributed by atoms with E-state index in [2.05, 4.69) is 0 Å². The molecule has 0 radical (unpaired) electrons. The molecule has 1 saturated carbocycles. The van der Waals surface area contributed by atoms with Crippen molar-refractivity contribution in [2.45, 2.75) is 37.0 Å². The van der Waals surface area contributed by atoms with Crippen LogP contribution in [0.2, 0.25) is 0 Å². The number of rotatable bonds is 1. The minimum absolute atomic E-state index is 0.125. The van der Waals surface area contributed by atoms with Gasteiger partial charge in [0.25, 0.3) is 0 Å². The molecule has 0 amide bonds. The van der Waals surface area contributed by atoms with Gasteiger partial charge in [0.2, 0.25) is 0 Å². The summed E-state index contributed by atoms with van der Waals surface area (Å²) in [5.41, 5.74) is 0. The second kappa shape index (κ2) is 3.60. The van der Waals surface area contributed by atoms with Crippen LogP contribution in [-0.4, -0.2) is 27.3 Å². The smallest absolute Gasteiger partial charge is 0.115 e. The molecule has 0 saturated heterocycles. The topological polar surface area (TPSA) is 43.3 Å². The van der Waals surface area contributed by atoms with E-state index in [9.17, 15) is 4.55 Å². The monoisotopic (exact) mass is 162 g/mol. The molecule has 1 atom stereocenters. The third-order valence-electron chi connectivity index (χ3n) is 2.11. The van der Waals surface area contributed by atoms with Crippen molar-refractivity contribution in [1.82, 2.24) is 0 Å².